The van der Waals surface area contributed by atoms with E-state index in [0.29, 0.717) is 17.8 Å². The molecule has 0 aromatic carbocycles. The van der Waals surface area contributed by atoms with E-state index in [1.165, 1.54) is 5.57 Å². The zero-order valence-electron chi connectivity index (χ0n) is 8.38. The molecule has 1 N–H and O–H groups in total. The van der Waals surface area contributed by atoms with Gasteiger partial charge < -0.3 is 5.11 Å². The molecule has 1 heteroatoms. The third-order valence-electron chi connectivity index (χ3n) is 3.18. The molecular weight excluding hydrogens is 148 g/mol. The maximum atomic E-state index is 9.72. The largest absolute Gasteiger partial charge is 0.393 e. The minimum atomic E-state index is -0.0967. The zero-order valence-corrected chi connectivity index (χ0v) is 8.38. The third-order valence-corrected chi connectivity index (χ3v) is 3.18. The fraction of sp³-hybridized carbons (Fsp3) is 0.818. The van der Waals surface area contributed by atoms with Crippen LogP contribution >= 0.6 is 0 Å². The Kier molecular flexibility index (Phi) is 2.94. The molecule has 1 fully saturated rings. The lowest BCUT2D eigenvalue weighted by Crippen LogP contribution is -2.34. The average molecular weight is 168 g/mol. The standard InChI is InChI=1S/C11H20O/c1-7(2)10-5-8(3)11(12)9(4)6-10/h8-12H,1,5-6H2,2-4H3. The molecule has 0 aromatic rings. The molecule has 0 saturated heterocycles. The lowest BCUT2D eigenvalue weighted by molar-refractivity contribution is 0.0182. The Balaban J connectivity index is 2.59. The van der Waals surface area contributed by atoms with E-state index in [9.17, 15) is 5.11 Å². The second kappa shape index (κ2) is 3.61. The lowest BCUT2D eigenvalue weighted by Gasteiger charge is -2.36. The normalized spacial score (nSPS) is 42.7. The highest BCUT2D eigenvalue weighted by Crippen LogP contribution is 2.36. The van der Waals surface area contributed by atoms with Gasteiger partial charge >= 0.3 is 0 Å². The molecule has 0 radical (unpaired) electrons. The molecule has 0 spiro atoms. The van der Waals surface area contributed by atoms with E-state index in [4.69, 9.17) is 0 Å². The van der Waals surface area contributed by atoms with Gasteiger partial charge in [0.15, 0.2) is 0 Å². The van der Waals surface area contributed by atoms with Crippen molar-refractivity contribution in [2.75, 3.05) is 0 Å². The predicted octanol–water partition coefficient (Wildman–Crippen LogP) is 2.61. The molecule has 1 rings (SSSR count). The van der Waals surface area contributed by atoms with E-state index in [2.05, 4.69) is 27.4 Å². The average Bonchev–Trinajstić information content (AvgIpc) is 1.99. The van der Waals surface area contributed by atoms with Crippen LogP contribution in [0.3, 0.4) is 0 Å². The number of rotatable bonds is 1. The first kappa shape index (κ1) is 9.79. The number of hydrogen-bond acceptors (Lipinski definition) is 1. The summed E-state index contributed by atoms with van der Waals surface area (Å²) in [6.07, 6.45) is 2.13. The number of aliphatic hydroxyl groups excluding tert-OH is 1. The van der Waals surface area contributed by atoms with Gasteiger partial charge in [-0.25, -0.2) is 0 Å². The van der Waals surface area contributed by atoms with Crippen LogP contribution in [-0.4, -0.2) is 11.2 Å². The van der Waals surface area contributed by atoms with Gasteiger partial charge in [-0.15, -0.1) is 0 Å². The molecule has 0 heterocycles. The van der Waals surface area contributed by atoms with Crippen molar-refractivity contribution < 1.29 is 5.11 Å². The summed E-state index contributed by atoms with van der Waals surface area (Å²) in [7, 11) is 0. The quantitative estimate of drug-likeness (QED) is 0.597. The van der Waals surface area contributed by atoms with Gasteiger partial charge in [0, 0.05) is 0 Å². The number of aliphatic hydroxyl groups is 1. The van der Waals surface area contributed by atoms with E-state index < -0.39 is 0 Å². The molecule has 2 unspecified atom stereocenters. The van der Waals surface area contributed by atoms with Crippen molar-refractivity contribution in [1.29, 1.82) is 0 Å². The van der Waals surface area contributed by atoms with Crippen molar-refractivity contribution in [2.24, 2.45) is 17.8 Å². The molecule has 0 bridgehead atoms. The van der Waals surface area contributed by atoms with Crippen molar-refractivity contribution >= 4 is 0 Å². The van der Waals surface area contributed by atoms with Crippen molar-refractivity contribution in [3.8, 4) is 0 Å². The van der Waals surface area contributed by atoms with Gasteiger partial charge in [-0.05, 0) is 37.5 Å². The molecule has 1 nitrogen and oxygen atoms in total. The highest BCUT2D eigenvalue weighted by Gasteiger charge is 2.31. The van der Waals surface area contributed by atoms with E-state index in [1.807, 2.05) is 0 Å². The molecule has 12 heavy (non-hydrogen) atoms. The summed E-state index contributed by atoms with van der Waals surface area (Å²) < 4.78 is 0. The molecule has 2 atom stereocenters. The van der Waals surface area contributed by atoms with Gasteiger partial charge in [-0.3, -0.25) is 0 Å². The Bertz CT molecular complexity index is 162. The highest BCUT2D eigenvalue weighted by atomic mass is 16.3. The Morgan fingerprint density at radius 3 is 2.00 bits per heavy atom. The summed E-state index contributed by atoms with van der Waals surface area (Å²) in [6, 6.07) is 0. The molecule has 0 aromatic heterocycles. The second-order valence-corrected chi connectivity index (χ2v) is 4.46. The summed E-state index contributed by atoms with van der Waals surface area (Å²) in [5.74, 6) is 1.52. The van der Waals surface area contributed by atoms with Crippen LogP contribution in [0.4, 0.5) is 0 Å². The monoisotopic (exact) mass is 168 g/mol. The first-order valence-electron chi connectivity index (χ1n) is 4.85. The van der Waals surface area contributed by atoms with Crippen LogP contribution < -0.4 is 0 Å². The molecule has 0 aliphatic heterocycles. The van der Waals surface area contributed by atoms with Gasteiger partial charge in [-0.2, -0.15) is 0 Å². The van der Waals surface area contributed by atoms with Crippen LogP contribution in [0.25, 0.3) is 0 Å². The summed E-state index contributed by atoms with van der Waals surface area (Å²) >= 11 is 0. The maximum Gasteiger partial charge on any atom is 0.0591 e. The van der Waals surface area contributed by atoms with Crippen molar-refractivity contribution in [3.05, 3.63) is 12.2 Å². The topological polar surface area (TPSA) is 20.2 Å². The second-order valence-electron chi connectivity index (χ2n) is 4.46. The fourth-order valence-electron chi connectivity index (χ4n) is 2.24. The lowest BCUT2D eigenvalue weighted by atomic mass is 9.72. The molecule has 0 amide bonds. The SMILES string of the molecule is C=C(C)C1CC(C)C(O)C(C)C1. The van der Waals surface area contributed by atoms with Crippen molar-refractivity contribution in [2.45, 2.75) is 39.7 Å². The van der Waals surface area contributed by atoms with Crippen LogP contribution in [0.2, 0.25) is 0 Å². The smallest absolute Gasteiger partial charge is 0.0591 e. The third kappa shape index (κ3) is 1.89. The summed E-state index contributed by atoms with van der Waals surface area (Å²) in [4.78, 5) is 0. The van der Waals surface area contributed by atoms with Gasteiger partial charge in [0.25, 0.3) is 0 Å². The van der Waals surface area contributed by atoms with Crippen molar-refractivity contribution in [1.82, 2.24) is 0 Å². The minimum Gasteiger partial charge on any atom is -0.393 e. The van der Waals surface area contributed by atoms with Crippen LogP contribution in [0.5, 0.6) is 0 Å². The maximum absolute atomic E-state index is 9.72. The van der Waals surface area contributed by atoms with Crippen molar-refractivity contribution in [3.63, 3.8) is 0 Å². The first-order valence-corrected chi connectivity index (χ1v) is 4.85. The van der Waals surface area contributed by atoms with Gasteiger partial charge in [0.2, 0.25) is 0 Å². The zero-order chi connectivity index (χ0) is 9.30. The van der Waals surface area contributed by atoms with Crippen LogP contribution in [0.1, 0.15) is 33.6 Å². The Hall–Kier alpha value is -0.300. The summed E-state index contributed by atoms with van der Waals surface area (Å²) in [5, 5.41) is 9.72. The van der Waals surface area contributed by atoms with E-state index in [-0.39, 0.29) is 6.10 Å². The molecule has 1 saturated carbocycles. The van der Waals surface area contributed by atoms with Crippen LogP contribution in [0.15, 0.2) is 12.2 Å². The minimum absolute atomic E-state index is 0.0967. The Morgan fingerprint density at radius 1 is 1.25 bits per heavy atom. The number of hydrogen-bond donors (Lipinski definition) is 1. The van der Waals surface area contributed by atoms with E-state index in [1.54, 1.807) is 0 Å². The predicted molar refractivity (Wildman–Crippen MR) is 51.9 cm³/mol. The molecule has 1 aliphatic rings. The summed E-state index contributed by atoms with van der Waals surface area (Å²) in [6.45, 7) is 10.4. The summed E-state index contributed by atoms with van der Waals surface area (Å²) in [5.41, 5.74) is 1.28. The molecular formula is C11H20O. The number of allylic oxidation sites excluding steroid dienone is 1. The van der Waals surface area contributed by atoms with Crippen LogP contribution in [-0.2, 0) is 0 Å². The molecule has 70 valence electrons. The van der Waals surface area contributed by atoms with E-state index in [0.717, 1.165) is 12.8 Å². The first-order chi connectivity index (χ1) is 5.52. The van der Waals surface area contributed by atoms with Crippen LogP contribution in [0, 0.1) is 17.8 Å². The fourth-order valence-corrected chi connectivity index (χ4v) is 2.24. The Labute approximate surface area is 75.5 Å². The van der Waals surface area contributed by atoms with E-state index >= 15 is 0 Å². The van der Waals surface area contributed by atoms with Gasteiger partial charge in [0.1, 0.15) is 0 Å². The van der Waals surface area contributed by atoms with Gasteiger partial charge in [0.05, 0.1) is 6.10 Å². The highest BCUT2D eigenvalue weighted by molar-refractivity contribution is 5.00. The van der Waals surface area contributed by atoms with Gasteiger partial charge in [-0.1, -0.05) is 26.0 Å². The Morgan fingerprint density at radius 2 is 1.67 bits per heavy atom. The molecule has 1 aliphatic carbocycles.